The number of benzene rings is 1. The zero-order valence-corrected chi connectivity index (χ0v) is 11.5. The Hall–Kier alpha value is -1.23. The predicted octanol–water partition coefficient (Wildman–Crippen LogP) is 3.02. The van der Waals surface area contributed by atoms with Crippen LogP contribution in [0.2, 0.25) is 0 Å². The normalized spacial score (nSPS) is 14.1. The summed E-state index contributed by atoms with van der Waals surface area (Å²) < 4.78 is 12.1. The Morgan fingerprint density at radius 2 is 2.11 bits per heavy atom. The van der Waals surface area contributed by atoms with Crippen molar-refractivity contribution < 1.29 is 19.4 Å². The summed E-state index contributed by atoms with van der Waals surface area (Å²) in [7, 11) is 0. The molecule has 1 aliphatic rings. The SMILES string of the molecule is O=C(O)CCCc1cc(Br)c2c(c1)OCCCO2. The number of hydrogen-bond acceptors (Lipinski definition) is 3. The van der Waals surface area contributed by atoms with Gasteiger partial charge in [0.25, 0.3) is 0 Å². The molecule has 0 aliphatic carbocycles. The van der Waals surface area contributed by atoms with Crippen LogP contribution in [0.5, 0.6) is 11.5 Å². The molecular formula is C13H15BrO4. The van der Waals surface area contributed by atoms with Gasteiger partial charge in [0.05, 0.1) is 17.7 Å². The number of rotatable bonds is 4. The van der Waals surface area contributed by atoms with E-state index in [9.17, 15) is 4.79 Å². The fourth-order valence-corrected chi connectivity index (χ4v) is 2.48. The summed E-state index contributed by atoms with van der Waals surface area (Å²) in [6.45, 7) is 1.31. The zero-order chi connectivity index (χ0) is 13.0. The van der Waals surface area contributed by atoms with Crippen LogP contribution in [-0.4, -0.2) is 24.3 Å². The number of halogens is 1. The highest BCUT2D eigenvalue weighted by Gasteiger charge is 2.15. The third-order valence-electron chi connectivity index (χ3n) is 2.72. The Morgan fingerprint density at radius 3 is 2.89 bits per heavy atom. The first-order chi connectivity index (χ1) is 8.66. The third kappa shape index (κ3) is 3.38. The minimum Gasteiger partial charge on any atom is -0.490 e. The maximum atomic E-state index is 10.5. The van der Waals surface area contributed by atoms with E-state index in [0.29, 0.717) is 19.6 Å². The topological polar surface area (TPSA) is 55.8 Å². The summed E-state index contributed by atoms with van der Waals surface area (Å²) in [5, 5.41) is 8.62. The minimum absolute atomic E-state index is 0.187. The van der Waals surface area contributed by atoms with Crippen LogP contribution in [0, 0.1) is 0 Å². The molecule has 0 bridgehead atoms. The van der Waals surface area contributed by atoms with E-state index in [1.54, 1.807) is 0 Å². The van der Waals surface area contributed by atoms with Crippen molar-refractivity contribution in [3.63, 3.8) is 0 Å². The molecule has 98 valence electrons. The smallest absolute Gasteiger partial charge is 0.303 e. The monoisotopic (exact) mass is 314 g/mol. The van der Waals surface area contributed by atoms with Crippen LogP contribution in [0.1, 0.15) is 24.8 Å². The number of hydrogen-bond donors (Lipinski definition) is 1. The average Bonchev–Trinajstić information content (AvgIpc) is 2.54. The van der Waals surface area contributed by atoms with E-state index in [1.165, 1.54) is 0 Å². The number of aryl methyl sites for hydroxylation is 1. The van der Waals surface area contributed by atoms with Gasteiger partial charge in [-0.05, 0) is 46.5 Å². The Bertz CT molecular complexity index is 445. The lowest BCUT2D eigenvalue weighted by molar-refractivity contribution is -0.137. The Labute approximate surface area is 114 Å². The molecule has 0 fully saturated rings. The van der Waals surface area contributed by atoms with Gasteiger partial charge in [-0.1, -0.05) is 0 Å². The van der Waals surface area contributed by atoms with Gasteiger partial charge in [0, 0.05) is 12.8 Å². The first kappa shape index (κ1) is 13.2. The van der Waals surface area contributed by atoms with E-state index in [0.717, 1.165) is 34.4 Å². The van der Waals surface area contributed by atoms with Gasteiger partial charge < -0.3 is 14.6 Å². The van der Waals surface area contributed by atoms with Gasteiger partial charge in [0.2, 0.25) is 0 Å². The highest BCUT2D eigenvalue weighted by atomic mass is 79.9. The second-order valence-corrected chi connectivity index (χ2v) is 5.06. The summed E-state index contributed by atoms with van der Waals surface area (Å²) in [6, 6.07) is 3.91. The van der Waals surface area contributed by atoms with Crippen LogP contribution in [0.15, 0.2) is 16.6 Å². The van der Waals surface area contributed by atoms with Crippen molar-refractivity contribution in [2.75, 3.05) is 13.2 Å². The van der Waals surface area contributed by atoms with E-state index < -0.39 is 5.97 Å². The van der Waals surface area contributed by atoms with Crippen molar-refractivity contribution in [3.8, 4) is 11.5 Å². The van der Waals surface area contributed by atoms with E-state index in [-0.39, 0.29) is 6.42 Å². The first-order valence-electron chi connectivity index (χ1n) is 5.96. The van der Waals surface area contributed by atoms with E-state index in [1.807, 2.05) is 12.1 Å². The number of ether oxygens (including phenoxy) is 2. The lowest BCUT2D eigenvalue weighted by Gasteiger charge is -2.11. The maximum Gasteiger partial charge on any atom is 0.303 e. The fourth-order valence-electron chi connectivity index (χ4n) is 1.87. The van der Waals surface area contributed by atoms with Crippen molar-refractivity contribution in [1.29, 1.82) is 0 Å². The second kappa shape index (κ2) is 6.09. The highest BCUT2D eigenvalue weighted by molar-refractivity contribution is 9.10. The number of carboxylic acid groups (broad SMARTS) is 1. The van der Waals surface area contributed by atoms with Crippen LogP contribution >= 0.6 is 15.9 Å². The number of carboxylic acids is 1. The Morgan fingerprint density at radius 1 is 1.33 bits per heavy atom. The molecule has 0 amide bonds. The van der Waals surface area contributed by atoms with Gasteiger partial charge in [-0.2, -0.15) is 0 Å². The Kier molecular flexibility index (Phi) is 4.47. The van der Waals surface area contributed by atoms with Crippen LogP contribution in [0.4, 0.5) is 0 Å². The van der Waals surface area contributed by atoms with E-state index in [2.05, 4.69) is 15.9 Å². The molecule has 1 aliphatic heterocycles. The van der Waals surface area contributed by atoms with Crippen LogP contribution in [-0.2, 0) is 11.2 Å². The Balaban J connectivity index is 2.10. The molecule has 4 nitrogen and oxygen atoms in total. The van der Waals surface area contributed by atoms with Gasteiger partial charge in [0.15, 0.2) is 11.5 Å². The molecule has 0 saturated carbocycles. The van der Waals surface area contributed by atoms with Crippen LogP contribution < -0.4 is 9.47 Å². The molecule has 2 rings (SSSR count). The molecule has 1 N–H and O–H groups in total. The van der Waals surface area contributed by atoms with E-state index >= 15 is 0 Å². The molecule has 1 heterocycles. The summed E-state index contributed by atoms with van der Waals surface area (Å²) >= 11 is 3.47. The molecule has 0 saturated heterocycles. The van der Waals surface area contributed by atoms with Gasteiger partial charge in [-0.3, -0.25) is 4.79 Å². The van der Waals surface area contributed by atoms with Crippen molar-refractivity contribution in [2.24, 2.45) is 0 Å². The second-order valence-electron chi connectivity index (χ2n) is 4.20. The molecule has 0 radical (unpaired) electrons. The van der Waals surface area contributed by atoms with Crippen LogP contribution in [0.25, 0.3) is 0 Å². The highest BCUT2D eigenvalue weighted by Crippen LogP contribution is 2.38. The van der Waals surface area contributed by atoms with Gasteiger partial charge in [-0.25, -0.2) is 0 Å². The fraction of sp³-hybridized carbons (Fsp3) is 0.462. The maximum absolute atomic E-state index is 10.5. The summed E-state index contributed by atoms with van der Waals surface area (Å²) in [6.07, 6.45) is 2.41. The number of aliphatic carboxylic acids is 1. The molecule has 0 unspecified atom stereocenters. The molecule has 18 heavy (non-hydrogen) atoms. The van der Waals surface area contributed by atoms with Gasteiger partial charge in [-0.15, -0.1) is 0 Å². The largest absolute Gasteiger partial charge is 0.490 e. The molecule has 0 atom stereocenters. The lowest BCUT2D eigenvalue weighted by atomic mass is 10.1. The average molecular weight is 315 g/mol. The summed E-state index contributed by atoms with van der Waals surface area (Å²) in [4.78, 5) is 10.5. The predicted molar refractivity (Wildman–Crippen MR) is 70.3 cm³/mol. The van der Waals surface area contributed by atoms with Crippen molar-refractivity contribution in [1.82, 2.24) is 0 Å². The number of fused-ring (bicyclic) bond motifs is 1. The molecule has 0 aromatic heterocycles. The molecule has 1 aromatic carbocycles. The molecule has 1 aromatic rings. The molecule has 0 spiro atoms. The van der Waals surface area contributed by atoms with Crippen molar-refractivity contribution >= 4 is 21.9 Å². The third-order valence-corrected chi connectivity index (χ3v) is 3.31. The number of carbonyl (C=O) groups is 1. The quantitative estimate of drug-likeness (QED) is 0.928. The lowest BCUT2D eigenvalue weighted by Crippen LogP contribution is -1.98. The molecule has 5 heteroatoms. The van der Waals surface area contributed by atoms with Crippen molar-refractivity contribution in [2.45, 2.75) is 25.7 Å². The van der Waals surface area contributed by atoms with Gasteiger partial charge in [0.1, 0.15) is 0 Å². The van der Waals surface area contributed by atoms with Gasteiger partial charge >= 0.3 is 5.97 Å². The molecular weight excluding hydrogens is 300 g/mol. The summed E-state index contributed by atoms with van der Waals surface area (Å²) in [5.41, 5.74) is 1.06. The standard InChI is InChI=1S/C13H15BrO4/c14-10-7-9(3-1-4-12(15)16)8-11-13(10)18-6-2-5-17-11/h7-8H,1-6H2,(H,15,16). The van der Waals surface area contributed by atoms with Crippen molar-refractivity contribution in [3.05, 3.63) is 22.2 Å². The minimum atomic E-state index is -0.761. The summed E-state index contributed by atoms with van der Waals surface area (Å²) in [5.74, 6) is 0.727. The van der Waals surface area contributed by atoms with Crippen LogP contribution in [0.3, 0.4) is 0 Å². The van der Waals surface area contributed by atoms with E-state index in [4.69, 9.17) is 14.6 Å². The first-order valence-corrected chi connectivity index (χ1v) is 6.76. The zero-order valence-electron chi connectivity index (χ0n) is 9.95.